The van der Waals surface area contributed by atoms with Crippen LogP contribution in [0, 0.1) is 17.3 Å². The van der Waals surface area contributed by atoms with Crippen molar-refractivity contribution in [3.63, 3.8) is 0 Å². The fourth-order valence-electron chi connectivity index (χ4n) is 6.32. The molecule has 4 fully saturated rings. The predicted octanol–water partition coefficient (Wildman–Crippen LogP) is 2.71. The van der Waals surface area contributed by atoms with Crippen molar-refractivity contribution in [2.24, 2.45) is 17.3 Å². The summed E-state index contributed by atoms with van der Waals surface area (Å²) >= 11 is 0. The molecular weight excluding hydrogens is 364 g/mol. The molecule has 2 bridgehead atoms. The van der Waals surface area contributed by atoms with Crippen LogP contribution in [0.25, 0.3) is 0 Å². The molecule has 1 N–H and O–H groups in total. The van der Waals surface area contributed by atoms with E-state index in [1.165, 1.54) is 37.8 Å². The van der Waals surface area contributed by atoms with Gasteiger partial charge in [-0.25, -0.2) is 0 Å². The zero-order valence-electron chi connectivity index (χ0n) is 17.6. The number of aliphatic hydroxyl groups is 1. The second kappa shape index (κ2) is 7.59. The van der Waals surface area contributed by atoms with Gasteiger partial charge in [-0.05, 0) is 74.6 Å². The third-order valence-electron chi connectivity index (χ3n) is 8.10. The summed E-state index contributed by atoms with van der Waals surface area (Å²) in [5, 5.41) is 9.78. The summed E-state index contributed by atoms with van der Waals surface area (Å²) in [6, 6.07) is 9.57. The molecule has 1 aromatic carbocycles. The summed E-state index contributed by atoms with van der Waals surface area (Å²) in [6.45, 7) is 2.96. The first-order valence-electron chi connectivity index (χ1n) is 11.4. The lowest BCUT2D eigenvalue weighted by Crippen LogP contribution is -2.65. The number of benzene rings is 1. The first kappa shape index (κ1) is 19.4. The second-order valence-corrected chi connectivity index (χ2v) is 9.83. The van der Waals surface area contributed by atoms with Crippen molar-refractivity contribution in [1.82, 2.24) is 9.80 Å². The number of aliphatic hydroxyl groups excluding tert-OH is 1. The van der Waals surface area contributed by atoms with Gasteiger partial charge in [0.1, 0.15) is 5.75 Å². The Morgan fingerprint density at radius 3 is 2.83 bits per heavy atom. The Morgan fingerprint density at radius 1 is 1.24 bits per heavy atom. The number of likely N-dealkylation sites (tertiary alicyclic amines) is 1. The predicted molar refractivity (Wildman–Crippen MR) is 112 cm³/mol. The molecule has 0 spiro atoms. The summed E-state index contributed by atoms with van der Waals surface area (Å²) in [5.41, 5.74) is 0.884. The molecule has 1 aromatic rings. The quantitative estimate of drug-likeness (QED) is 0.829. The van der Waals surface area contributed by atoms with Gasteiger partial charge >= 0.3 is 0 Å². The van der Waals surface area contributed by atoms with Crippen LogP contribution in [-0.4, -0.2) is 66.2 Å². The number of hydrogen-bond acceptors (Lipinski definition) is 4. The normalized spacial score (nSPS) is 33.1. The number of hydrogen-bond donors (Lipinski definition) is 1. The number of carbonyl (C=O) groups is 1. The maximum atomic E-state index is 13.2. The summed E-state index contributed by atoms with van der Waals surface area (Å²) < 4.78 is 5.45. The van der Waals surface area contributed by atoms with E-state index in [1.807, 2.05) is 6.07 Å². The molecule has 29 heavy (non-hydrogen) atoms. The topological polar surface area (TPSA) is 53.0 Å². The highest BCUT2D eigenvalue weighted by atomic mass is 16.5. The maximum absolute atomic E-state index is 13.2. The molecule has 3 heterocycles. The van der Waals surface area contributed by atoms with Crippen LogP contribution in [0.15, 0.2) is 24.3 Å². The molecular formula is C24H34N2O3. The lowest BCUT2D eigenvalue weighted by Gasteiger charge is -2.57. The zero-order chi connectivity index (χ0) is 20.0. The lowest BCUT2D eigenvalue weighted by molar-refractivity contribution is -0.148. The average Bonchev–Trinajstić information content (AvgIpc) is 3.57. The van der Waals surface area contributed by atoms with Crippen molar-refractivity contribution >= 4 is 5.91 Å². The van der Waals surface area contributed by atoms with Gasteiger partial charge in [-0.1, -0.05) is 18.6 Å². The first-order valence-corrected chi connectivity index (χ1v) is 11.4. The van der Waals surface area contributed by atoms with Crippen molar-refractivity contribution in [1.29, 1.82) is 0 Å². The van der Waals surface area contributed by atoms with Crippen LogP contribution in [0.1, 0.15) is 44.1 Å². The van der Waals surface area contributed by atoms with E-state index in [0.29, 0.717) is 23.9 Å². The molecule has 4 atom stereocenters. The molecule has 0 unspecified atom stereocenters. The minimum Gasteiger partial charge on any atom is -0.497 e. The number of methoxy groups -OCH3 is 1. The lowest BCUT2D eigenvalue weighted by atomic mass is 9.70. The SMILES string of the molecule is COc1cccc(C[C@H]2[C@H]3C[C@H](CN(C(=O)C4(CO)CC4)C3)[C@@H]3CCCCN32)c1. The number of piperidine rings is 3. The third-order valence-corrected chi connectivity index (χ3v) is 8.10. The molecule has 5 heteroatoms. The second-order valence-electron chi connectivity index (χ2n) is 9.83. The number of fused-ring (bicyclic) bond motifs is 4. The Balaban J connectivity index is 1.40. The van der Waals surface area contributed by atoms with E-state index < -0.39 is 5.41 Å². The Kier molecular flexibility index (Phi) is 5.07. The van der Waals surface area contributed by atoms with Crippen LogP contribution in [0.3, 0.4) is 0 Å². The van der Waals surface area contributed by atoms with Gasteiger partial charge in [-0.3, -0.25) is 9.69 Å². The van der Waals surface area contributed by atoms with E-state index in [2.05, 4.69) is 28.0 Å². The van der Waals surface area contributed by atoms with Crippen LogP contribution in [0.2, 0.25) is 0 Å². The van der Waals surface area contributed by atoms with Gasteiger partial charge < -0.3 is 14.7 Å². The number of amides is 1. The molecule has 0 aromatic heterocycles. The Morgan fingerprint density at radius 2 is 2.07 bits per heavy atom. The van der Waals surface area contributed by atoms with E-state index in [1.54, 1.807) is 7.11 Å². The van der Waals surface area contributed by atoms with E-state index in [9.17, 15) is 9.90 Å². The molecule has 3 saturated heterocycles. The molecule has 5 rings (SSSR count). The van der Waals surface area contributed by atoms with E-state index >= 15 is 0 Å². The highest BCUT2D eigenvalue weighted by molar-refractivity contribution is 5.85. The summed E-state index contributed by atoms with van der Waals surface area (Å²) in [5.74, 6) is 2.26. The fourth-order valence-corrected chi connectivity index (χ4v) is 6.32. The smallest absolute Gasteiger partial charge is 0.231 e. The van der Waals surface area contributed by atoms with Gasteiger partial charge in [0.15, 0.2) is 0 Å². The van der Waals surface area contributed by atoms with Gasteiger partial charge in [-0.15, -0.1) is 0 Å². The molecule has 3 aliphatic heterocycles. The van der Waals surface area contributed by atoms with Crippen molar-refractivity contribution in [3.05, 3.63) is 29.8 Å². The van der Waals surface area contributed by atoms with Gasteiger partial charge in [0.2, 0.25) is 5.91 Å². The molecule has 1 saturated carbocycles. The number of nitrogens with zero attached hydrogens (tertiary/aromatic N) is 2. The van der Waals surface area contributed by atoms with Crippen molar-refractivity contribution in [3.8, 4) is 5.75 Å². The molecule has 4 aliphatic rings. The minimum absolute atomic E-state index is 0.0143. The van der Waals surface area contributed by atoms with Gasteiger partial charge in [0.05, 0.1) is 19.1 Å². The van der Waals surface area contributed by atoms with Crippen LogP contribution in [0.5, 0.6) is 5.75 Å². The Bertz CT molecular complexity index is 762. The third kappa shape index (κ3) is 3.46. The maximum Gasteiger partial charge on any atom is 0.231 e. The molecule has 5 nitrogen and oxygen atoms in total. The van der Waals surface area contributed by atoms with Gasteiger partial charge in [0.25, 0.3) is 0 Å². The Hall–Kier alpha value is -1.59. The monoisotopic (exact) mass is 398 g/mol. The van der Waals surface area contributed by atoms with Crippen molar-refractivity contribution < 1.29 is 14.6 Å². The van der Waals surface area contributed by atoms with E-state index in [4.69, 9.17) is 4.74 Å². The minimum atomic E-state index is -0.444. The van der Waals surface area contributed by atoms with Crippen LogP contribution < -0.4 is 4.74 Å². The molecule has 0 radical (unpaired) electrons. The van der Waals surface area contributed by atoms with Crippen LogP contribution in [-0.2, 0) is 11.2 Å². The van der Waals surface area contributed by atoms with Gasteiger partial charge in [-0.2, -0.15) is 0 Å². The fraction of sp³-hybridized carbons (Fsp3) is 0.708. The summed E-state index contributed by atoms with van der Waals surface area (Å²) in [6.07, 6.45) is 7.85. The van der Waals surface area contributed by atoms with E-state index in [-0.39, 0.29) is 12.5 Å². The highest BCUT2D eigenvalue weighted by Crippen LogP contribution is 2.49. The number of rotatable bonds is 5. The number of carbonyl (C=O) groups excluding carboxylic acids is 1. The first-order chi connectivity index (χ1) is 14.1. The summed E-state index contributed by atoms with van der Waals surface area (Å²) in [7, 11) is 1.73. The molecule has 1 amide bonds. The number of ether oxygens (including phenoxy) is 1. The van der Waals surface area contributed by atoms with Gasteiger partial charge in [0, 0.05) is 25.2 Å². The average molecular weight is 399 g/mol. The van der Waals surface area contributed by atoms with E-state index in [0.717, 1.165) is 38.1 Å². The largest absolute Gasteiger partial charge is 0.497 e. The molecule has 1 aliphatic carbocycles. The van der Waals surface area contributed by atoms with Crippen LogP contribution >= 0.6 is 0 Å². The van der Waals surface area contributed by atoms with Crippen molar-refractivity contribution in [2.45, 2.75) is 57.0 Å². The van der Waals surface area contributed by atoms with Crippen LogP contribution in [0.4, 0.5) is 0 Å². The standard InChI is InChI=1S/C24H34N2O3/c1-29-20-6-4-5-17(11-20)12-22-19-13-18(21-7-2-3-10-26(21)22)14-25(15-19)23(28)24(16-27)8-9-24/h4-6,11,18-19,21-22,27H,2-3,7-10,12-16H2,1H3/t18-,19+,21+,22+/m1/s1. The zero-order valence-corrected chi connectivity index (χ0v) is 17.6. The summed E-state index contributed by atoms with van der Waals surface area (Å²) in [4.78, 5) is 18.1. The highest BCUT2D eigenvalue weighted by Gasteiger charge is 2.54. The Labute approximate surface area is 174 Å². The molecule has 158 valence electrons. The van der Waals surface area contributed by atoms with Crippen molar-refractivity contribution in [2.75, 3.05) is 33.4 Å².